The molecule has 2 aromatic rings. The normalized spacial score (nSPS) is 23.2. The van der Waals surface area contributed by atoms with Gasteiger partial charge in [0.25, 0.3) is 0 Å². The number of amides is 1. The van der Waals surface area contributed by atoms with Crippen LogP contribution < -0.4 is 5.32 Å². The van der Waals surface area contributed by atoms with Gasteiger partial charge in [-0.2, -0.15) is 0 Å². The summed E-state index contributed by atoms with van der Waals surface area (Å²) in [5.74, 6) is -1.54. The van der Waals surface area contributed by atoms with Gasteiger partial charge in [0.05, 0.1) is 23.6 Å². The number of carboxylic acids is 1. The maximum atomic E-state index is 12.4. The Kier molecular flexibility index (Phi) is 4.78. The van der Waals surface area contributed by atoms with Crippen molar-refractivity contribution in [3.8, 4) is 5.69 Å². The monoisotopic (exact) mass is 343 g/mol. The third kappa shape index (κ3) is 3.84. The van der Waals surface area contributed by atoms with E-state index in [0.717, 1.165) is 24.1 Å². The Hall–Kier alpha value is -2.77. The van der Waals surface area contributed by atoms with Gasteiger partial charge >= 0.3 is 5.97 Å². The zero-order valence-corrected chi connectivity index (χ0v) is 14.1. The maximum Gasteiger partial charge on any atom is 0.308 e. The lowest BCUT2D eigenvalue weighted by molar-refractivity contribution is -0.146. The van der Waals surface area contributed by atoms with Gasteiger partial charge in [-0.15, -0.1) is 5.10 Å². The first-order valence-corrected chi connectivity index (χ1v) is 8.34. The molecule has 2 unspecified atom stereocenters. The molecule has 2 atom stereocenters. The van der Waals surface area contributed by atoms with Crippen molar-refractivity contribution in [2.75, 3.05) is 0 Å². The number of rotatable bonds is 5. The molecule has 1 heterocycles. The standard InChI is InChI=1S/C17H21N5O3/c1-17(9-3-2-4-14(17)16(24)25)19-15(23)10-12-5-7-13(8-6-12)22-11-18-20-21-22/h5-8,11,14H,2-4,9-10H2,1H3,(H,19,23)(H,24,25). The van der Waals surface area contributed by atoms with Crippen LogP contribution in [0.3, 0.4) is 0 Å². The van der Waals surface area contributed by atoms with Gasteiger partial charge in [0.2, 0.25) is 5.91 Å². The molecule has 2 N–H and O–H groups in total. The second-order valence-corrected chi connectivity index (χ2v) is 6.70. The quantitative estimate of drug-likeness (QED) is 0.848. The minimum Gasteiger partial charge on any atom is -0.481 e. The second-order valence-electron chi connectivity index (χ2n) is 6.70. The lowest BCUT2D eigenvalue weighted by Gasteiger charge is -2.39. The molecule has 1 saturated carbocycles. The number of tetrazole rings is 1. The molecule has 0 saturated heterocycles. The Morgan fingerprint density at radius 1 is 1.32 bits per heavy atom. The summed E-state index contributed by atoms with van der Waals surface area (Å²) >= 11 is 0. The molecule has 8 nitrogen and oxygen atoms in total. The number of carbonyl (C=O) groups is 2. The molecule has 1 amide bonds. The SMILES string of the molecule is CC1(NC(=O)Cc2ccc(-n3cnnn3)cc2)CCCCC1C(=O)O. The molecular formula is C17H21N5O3. The minimum atomic E-state index is -0.840. The van der Waals surface area contributed by atoms with E-state index in [1.54, 1.807) is 0 Å². The van der Waals surface area contributed by atoms with Crippen LogP contribution in [-0.4, -0.2) is 42.7 Å². The van der Waals surface area contributed by atoms with Gasteiger partial charge < -0.3 is 10.4 Å². The first kappa shape index (κ1) is 17.1. The Morgan fingerprint density at radius 3 is 2.72 bits per heavy atom. The van der Waals surface area contributed by atoms with Crippen LogP contribution >= 0.6 is 0 Å². The summed E-state index contributed by atoms with van der Waals surface area (Å²) in [4.78, 5) is 23.9. The molecule has 1 aliphatic rings. The van der Waals surface area contributed by atoms with Crippen LogP contribution in [0.4, 0.5) is 0 Å². The number of benzene rings is 1. The van der Waals surface area contributed by atoms with Crippen LogP contribution in [0.1, 0.15) is 38.2 Å². The molecule has 0 aliphatic heterocycles. The van der Waals surface area contributed by atoms with Gasteiger partial charge in [-0.25, -0.2) is 4.68 Å². The van der Waals surface area contributed by atoms with E-state index in [1.807, 2.05) is 31.2 Å². The molecule has 1 aromatic carbocycles. The van der Waals surface area contributed by atoms with Crippen LogP contribution in [0, 0.1) is 5.92 Å². The Balaban J connectivity index is 1.64. The molecule has 0 spiro atoms. The number of carboxylic acid groups (broad SMARTS) is 1. The molecule has 0 bridgehead atoms. The van der Waals surface area contributed by atoms with E-state index >= 15 is 0 Å². The Morgan fingerprint density at radius 2 is 2.08 bits per heavy atom. The molecule has 132 valence electrons. The summed E-state index contributed by atoms with van der Waals surface area (Å²) in [5.41, 5.74) is 0.966. The first-order chi connectivity index (χ1) is 12.0. The van der Waals surface area contributed by atoms with Crippen molar-refractivity contribution in [1.82, 2.24) is 25.5 Å². The van der Waals surface area contributed by atoms with E-state index in [-0.39, 0.29) is 12.3 Å². The van der Waals surface area contributed by atoms with Gasteiger partial charge in [-0.05, 0) is 47.9 Å². The zero-order valence-electron chi connectivity index (χ0n) is 14.1. The fourth-order valence-corrected chi connectivity index (χ4v) is 3.47. The molecule has 25 heavy (non-hydrogen) atoms. The van der Waals surface area contributed by atoms with Crippen LogP contribution in [-0.2, 0) is 16.0 Å². The number of hydrogen-bond donors (Lipinski definition) is 2. The van der Waals surface area contributed by atoms with E-state index in [0.29, 0.717) is 12.8 Å². The van der Waals surface area contributed by atoms with E-state index in [9.17, 15) is 14.7 Å². The molecule has 8 heteroatoms. The summed E-state index contributed by atoms with van der Waals surface area (Å²) in [6, 6.07) is 7.35. The number of aromatic nitrogens is 4. The predicted molar refractivity (Wildman–Crippen MR) is 89.0 cm³/mol. The highest BCUT2D eigenvalue weighted by Gasteiger charge is 2.42. The van der Waals surface area contributed by atoms with Gasteiger partial charge in [0.15, 0.2) is 0 Å². The first-order valence-electron chi connectivity index (χ1n) is 8.34. The highest BCUT2D eigenvalue weighted by Crippen LogP contribution is 2.33. The van der Waals surface area contributed by atoms with Crippen LogP contribution in [0.15, 0.2) is 30.6 Å². The highest BCUT2D eigenvalue weighted by molar-refractivity contribution is 5.81. The van der Waals surface area contributed by atoms with Crippen LogP contribution in [0.5, 0.6) is 0 Å². The van der Waals surface area contributed by atoms with E-state index in [1.165, 1.54) is 11.0 Å². The largest absolute Gasteiger partial charge is 0.481 e. The Bertz CT molecular complexity index is 744. The summed E-state index contributed by atoms with van der Waals surface area (Å²) < 4.78 is 1.53. The number of nitrogens with one attached hydrogen (secondary N) is 1. The summed E-state index contributed by atoms with van der Waals surface area (Å²) in [6.45, 7) is 1.84. The van der Waals surface area contributed by atoms with Crippen molar-refractivity contribution < 1.29 is 14.7 Å². The number of hydrogen-bond acceptors (Lipinski definition) is 5. The van der Waals surface area contributed by atoms with Gasteiger partial charge in [-0.3, -0.25) is 9.59 Å². The smallest absolute Gasteiger partial charge is 0.308 e. The average Bonchev–Trinajstić information content (AvgIpc) is 3.09. The second kappa shape index (κ2) is 7.00. The molecule has 0 radical (unpaired) electrons. The average molecular weight is 343 g/mol. The van der Waals surface area contributed by atoms with Gasteiger partial charge in [-0.1, -0.05) is 25.0 Å². The van der Waals surface area contributed by atoms with E-state index in [4.69, 9.17) is 0 Å². The topological polar surface area (TPSA) is 110 Å². The molecule has 1 fully saturated rings. The zero-order chi connectivity index (χ0) is 17.9. The molecule has 1 aromatic heterocycles. The molecular weight excluding hydrogens is 322 g/mol. The van der Waals surface area contributed by atoms with Crippen molar-refractivity contribution in [2.45, 2.75) is 44.6 Å². The van der Waals surface area contributed by atoms with Crippen molar-refractivity contribution in [3.63, 3.8) is 0 Å². The fourth-order valence-electron chi connectivity index (χ4n) is 3.47. The summed E-state index contributed by atoms with van der Waals surface area (Å²) in [5, 5.41) is 23.4. The fraction of sp³-hybridized carbons (Fsp3) is 0.471. The predicted octanol–water partition coefficient (Wildman–Crippen LogP) is 1.35. The molecule has 1 aliphatic carbocycles. The lowest BCUT2D eigenvalue weighted by Crippen LogP contribution is -2.55. The number of nitrogens with zero attached hydrogens (tertiary/aromatic N) is 4. The van der Waals surface area contributed by atoms with Gasteiger partial charge in [0.1, 0.15) is 6.33 Å². The lowest BCUT2D eigenvalue weighted by atomic mass is 9.74. The third-order valence-corrected chi connectivity index (χ3v) is 4.85. The molecule has 3 rings (SSSR count). The highest BCUT2D eigenvalue weighted by atomic mass is 16.4. The summed E-state index contributed by atoms with van der Waals surface area (Å²) in [6.07, 6.45) is 4.82. The maximum absolute atomic E-state index is 12.4. The third-order valence-electron chi connectivity index (χ3n) is 4.85. The van der Waals surface area contributed by atoms with Gasteiger partial charge in [0, 0.05) is 0 Å². The van der Waals surface area contributed by atoms with Crippen molar-refractivity contribution in [1.29, 1.82) is 0 Å². The van der Waals surface area contributed by atoms with Crippen molar-refractivity contribution >= 4 is 11.9 Å². The minimum absolute atomic E-state index is 0.161. The van der Waals surface area contributed by atoms with E-state index in [2.05, 4.69) is 20.8 Å². The van der Waals surface area contributed by atoms with Crippen LogP contribution in [0.25, 0.3) is 5.69 Å². The number of carbonyl (C=O) groups excluding carboxylic acids is 1. The van der Waals surface area contributed by atoms with Crippen molar-refractivity contribution in [2.24, 2.45) is 5.92 Å². The van der Waals surface area contributed by atoms with E-state index < -0.39 is 17.4 Å². The number of aliphatic carboxylic acids is 1. The summed E-state index contributed by atoms with van der Waals surface area (Å²) in [7, 11) is 0. The van der Waals surface area contributed by atoms with Crippen molar-refractivity contribution in [3.05, 3.63) is 36.2 Å². The van der Waals surface area contributed by atoms with Crippen LogP contribution in [0.2, 0.25) is 0 Å². The Labute approximate surface area is 145 Å².